The Morgan fingerprint density at radius 2 is 1.62 bits per heavy atom. The van der Waals surface area contributed by atoms with Crippen molar-refractivity contribution in [1.82, 2.24) is 15.0 Å². The monoisotopic (exact) mass is 907 g/mol. The van der Waals surface area contributed by atoms with Crippen LogP contribution in [-0.2, 0) is 30.8 Å². The topological polar surface area (TPSA) is 155 Å². The molecule has 0 spiro atoms. The summed E-state index contributed by atoms with van der Waals surface area (Å²) in [7, 11) is 0. The highest BCUT2D eigenvalue weighted by atomic mass is 35.5. The number of anilines is 2. The molecule has 2 aliphatic heterocycles. The Kier molecular flexibility index (Phi) is 10.1. The van der Waals surface area contributed by atoms with Crippen LogP contribution >= 0.6 is 23.2 Å². The molecular formula is C47H34Cl2F3N5O7. The molecule has 2 aliphatic carbocycles. The maximum atomic E-state index is 15.5. The van der Waals surface area contributed by atoms with Gasteiger partial charge in [0.1, 0.15) is 17.9 Å². The summed E-state index contributed by atoms with van der Waals surface area (Å²) in [5, 5.41) is 10.0. The van der Waals surface area contributed by atoms with Crippen molar-refractivity contribution in [3.63, 3.8) is 0 Å². The van der Waals surface area contributed by atoms with Gasteiger partial charge in [0.15, 0.2) is 11.4 Å². The molecule has 0 bridgehead atoms. The Labute approximate surface area is 372 Å². The third-order valence-corrected chi connectivity index (χ3v) is 13.3. The number of hydrazine groups is 1. The number of carbonyl (C=O) groups is 4. The Hall–Kier alpha value is -6.55. The molecule has 4 heterocycles. The van der Waals surface area contributed by atoms with Crippen LogP contribution in [0.3, 0.4) is 0 Å². The van der Waals surface area contributed by atoms with Crippen LogP contribution in [0.5, 0.6) is 5.75 Å². The minimum atomic E-state index is -4.76. The van der Waals surface area contributed by atoms with Crippen molar-refractivity contribution in [1.29, 1.82) is 0 Å². The average molecular weight is 909 g/mol. The van der Waals surface area contributed by atoms with Crippen molar-refractivity contribution < 1.29 is 46.6 Å². The van der Waals surface area contributed by atoms with E-state index in [4.69, 9.17) is 32.4 Å². The minimum absolute atomic E-state index is 0.0240. The molecule has 4 aromatic carbocycles. The predicted octanol–water partition coefficient (Wildman–Crippen LogP) is 8.78. The quantitative estimate of drug-likeness (QED) is 0.106. The van der Waals surface area contributed by atoms with Crippen molar-refractivity contribution in [2.45, 2.75) is 30.4 Å². The van der Waals surface area contributed by atoms with Crippen LogP contribution in [0.1, 0.15) is 35.4 Å². The van der Waals surface area contributed by atoms with Gasteiger partial charge in [-0.3, -0.25) is 29.5 Å². The van der Waals surface area contributed by atoms with Gasteiger partial charge in [0.05, 0.1) is 46.0 Å². The molecule has 4 aliphatic rings. The summed E-state index contributed by atoms with van der Waals surface area (Å²) >= 11 is 12.7. The maximum Gasteiger partial charge on any atom is 0.417 e. The van der Waals surface area contributed by atoms with Gasteiger partial charge in [0, 0.05) is 22.7 Å². The van der Waals surface area contributed by atoms with Gasteiger partial charge in [-0.1, -0.05) is 71.2 Å². The fourth-order valence-electron chi connectivity index (χ4n) is 10.1. The van der Waals surface area contributed by atoms with E-state index in [2.05, 4.69) is 15.4 Å². The van der Waals surface area contributed by atoms with E-state index in [9.17, 15) is 27.9 Å². The van der Waals surface area contributed by atoms with Crippen molar-refractivity contribution in [3.8, 4) is 17.2 Å². The van der Waals surface area contributed by atoms with Gasteiger partial charge in [-0.15, -0.1) is 0 Å². The number of nitrogens with zero attached hydrogens (tertiary/aromatic N) is 4. The number of aromatic nitrogens is 2. The van der Waals surface area contributed by atoms with Gasteiger partial charge >= 0.3 is 6.18 Å². The molecule has 3 fully saturated rings. The van der Waals surface area contributed by atoms with E-state index < -0.39 is 75.4 Å². The van der Waals surface area contributed by atoms with E-state index in [1.54, 1.807) is 78.9 Å². The molecule has 2 N–H and O–H groups in total. The Morgan fingerprint density at radius 1 is 0.891 bits per heavy atom. The summed E-state index contributed by atoms with van der Waals surface area (Å²) < 4.78 is 52.3. The molecule has 324 valence electrons. The Morgan fingerprint density at radius 3 is 2.31 bits per heavy atom. The first kappa shape index (κ1) is 41.5. The van der Waals surface area contributed by atoms with E-state index >= 15 is 9.59 Å². The van der Waals surface area contributed by atoms with Crippen LogP contribution < -0.4 is 15.1 Å². The van der Waals surface area contributed by atoms with Gasteiger partial charge in [-0.2, -0.15) is 18.2 Å². The SMILES string of the molecule is O=C1[C@@H]2C[C@@H]3C(=CC[C@@H]4C(=O)N(c5ccc(-c6nc7ccccc7o6)cc5)C(=O)[C@@H]43)[C@H](c3ccc(OCCO)cc3)[C@]2(c2ccc(Cl)cc2)C(=O)N1Nc1ncc(C(F)(F)F)cc1Cl. The highest BCUT2D eigenvalue weighted by Crippen LogP contribution is 2.64. The first-order valence-corrected chi connectivity index (χ1v) is 21.1. The normalized spacial score (nSPS) is 24.2. The molecular weight excluding hydrogens is 874 g/mol. The number of oxazole rings is 1. The van der Waals surface area contributed by atoms with Crippen molar-refractivity contribution in [3.05, 3.63) is 148 Å². The van der Waals surface area contributed by atoms with Crippen LogP contribution in [0.15, 0.2) is 125 Å². The van der Waals surface area contributed by atoms with Crippen LogP contribution in [-0.4, -0.2) is 56.9 Å². The second kappa shape index (κ2) is 15.6. The molecule has 12 nitrogen and oxygen atoms in total. The third kappa shape index (κ3) is 6.55. The van der Waals surface area contributed by atoms with E-state index in [0.717, 1.165) is 5.01 Å². The standard InChI is InChI=1S/C47H34Cl2F3N5O7/c48-28-11-9-26(10-12-28)46-34(43(60)57(45(46)62)55-40-35(49)21-27(23-53-40)47(50,51)52)22-33-31(39(46)24-7-15-30(16-8-24)63-20-19-58)17-18-32-38(33)44(61)56(42(32)59)29-13-5-25(6-14-29)41-54-36-3-1-2-4-37(36)64-41/h1-17,21,23,32-34,38-39,58H,18-20,22H2,(H,53,55)/t32-,33+,34-,38-,39-,46+/m0/s1. The summed E-state index contributed by atoms with van der Waals surface area (Å²) in [5.41, 5.74) is 3.71. The highest BCUT2D eigenvalue weighted by Gasteiger charge is 2.70. The number of fused-ring (bicyclic) bond motifs is 5. The zero-order chi connectivity index (χ0) is 44.7. The smallest absolute Gasteiger partial charge is 0.417 e. The van der Waals surface area contributed by atoms with E-state index in [0.29, 0.717) is 68.0 Å². The van der Waals surface area contributed by atoms with Gasteiger partial charge in [0.2, 0.25) is 17.7 Å². The van der Waals surface area contributed by atoms with E-state index in [1.165, 1.54) is 4.90 Å². The number of imide groups is 2. The lowest BCUT2D eigenvalue weighted by Gasteiger charge is -2.50. The first-order chi connectivity index (χ1) is 30.8. The number of aliphatic hydroxyl groups is 1. The van der Waals surface area contributed by atoms with Crippen molar-refractivity contribution in [2.75, 3.05) is 23.5 Å². The molecule has 64 heavy (non-hydrogen) atoms. The average Bonchev–Trinajstić information content (AvgIpc) is 3.91. The zero-order valence-corrected chi connectivity index (χ0v) is 34.8. The number of carbonyl (C=O) groups excluding carboxylic acids is 4. The van der Waals surface area contributed by atoms with E-state index in [1.807, 2.05) is 24.3 Å². The second-order valence-corrected chi connectivity index (χ2v) is 16.9. The minimum Gasteiger partial charge on any atom is -0.491 e. The van der Waals surface area contributed by atoms with Gasteiger partial charge in [0.25, 0.3) is 11.8 Å². The van der Waals surface area contributed by atoms with Crippen molar-refractivity contribution in [2.24, 2.45) is 23.7 Å². The third-order valence-electron chi connectivity index (χ3n) is 12.8. The summed E-state index contributed by atoms with van der Waals surface area (Å²) in [5.74, 6) is -6.47. The van der Waals surface area contributed by atoms with Crippen LogP contribution in [0.2, 0.25) is 10.0 Å². The molecule has 4 amide bonds. The van der Waals surface area contributed by atoms with Crippen LogP contribution in [0.25, 0.3) is 22.6 Å². The molecule has 1 saturated carbocycles. The predicted molar refractivity (Wildman–Crippen MR) is 228 cm³/mol. The van der Waals surface area contributed by atoms with Crippen LogP contribution in [0, 0.1) is 23.7 Å². The molecule has 6 atom stereocenters. The number of benzene rings is 4. The Balaban J connectivity index is 1.07. The fourth-order valence-corrected chi connectivity index (χ4v) is 10.4. The largest absolute Gasteiger partial charge is 0.491 e. The number of allylic oxidation sites excluding steroid dienone is 2. The summed E-state index contributed by atoms with van der Waals surface area (Å²) in [4.78, 5) is 69.3. The number of ether oxygens (including phenoxy) is 1. The maximum absolute atomic E-state index is 15.5. The number of hydrogen-bond donors (Lipinski definition) is 2. The lowest BCUT2D eigenvalue weighted by atomic mass is 9.49. The molecule has 0 radical (unpaired) electrons. The Bertz CT molecular complexity index is 2870. The number of alkyl halides is 3. The van der Waals surface area contributed by atoms with Gasteiger partial charge in [-0.25, -0.2) is 9.97 Å². The lowest BCUT2D eigenvalue weighted by Crippen LogP contribution is -2.53. The van der Waals surface area contributed by atoms with E-state index in [-0.39, 0.29) is 31.9 Å². The number of nitrogens with one attached hydrogen (secondary N) is 1. The number of amides is 4. The fraction of sp³-hybridized carbons (Fsp3) is 0.234. The molecule has 2 aromatic heterocycles. The summed E-state index contributed by atoms with van der Waals surface area (Å²) in [6.45, 7) is -0.206. The molecule has 0 unspecified atom stereocenters. The molecule has 17 heteroatoms. The molecule has 10 rings (SSSR count). The zero-order valence-electron chi connectivity index (χ0n) is 33.3. The molecule has 6 aromatic rings. The highest BCUT2D eigenvalue weighted by molar-refractivity contribution is 6.33. The van der Waals surface area contributed by atoms with Crippen molar-refractivity contribution >= 4 is 69.4 Å². The van der Waals surface area contributed by atoms with Gasteiger partial charge < -0.3 is 14.3 Å². The number of halogens is 5. The first-order valence-electron chi connectivity index (χ1n) is 20.3. The number of pyridine rings is 1. The summed E-state index contributed by atoms with van der Waals surface area (Å²) in [6, 6.07) is 28.1. The molecule has 2 saturated heterocycles. The summed E-state index contributed by atoms with van der Waals surface area (Å²) in [6.07, 6.45) is -2.22. The second-order valence-electron chi connectivity index (χ2n) is 16.1. The van der Waals surface area contributed by atoms with Gasteiger partial charge in [-0.05, 0) is 96.6 Å². The number of rotatable bonds is 9. The lowest BCUT2D eigenvalue weighted by molar-refractivity contribution is -0.139. The number of para-hydroxylation sites is 2. The number of hydrogen-bond acceptors (Lipinski definition) is 10. The van der Waals surface area contributed by atoms with Crippen LogP contribution in [0.4, 0.5) is 24.7 Å². The number of aliphatic hydroxyl groups excluding tert-OH is 1.